The second kappa shape index (κ2) is 14.3. The maximum Gasteiger partial charge on any atom is 0.256 e. The Bertz CT molecular complexity index is 1470. The monoisotopic (exact) mass is 596 g/mol. The molecular formula is C31H40N4O6S. The summed E-state index contributed by atoms with van der Waals surface area (Å²) in [4.78, 5) is 41.8. The maximum absolute atomic E-state index is 13.9. The highest BCUT2D eigenvalue weighted by molar-refractivity contribution is 7.90. The normalized spacial score (nSPS) is 17.1. The van der Waals surface area contributed by atoms with Crippen molar-refractivity contribution >= 4 is 33.3 Å². The Labute approximate surface area is 248 Å². The molecule has 42 heavy (non-hydrogen) atoms. The van der Waals surface area contributed by atoms with E-state index in [0.29, 0.717) is 17.7 Å². The fourth-order valence-corrected chi connectivity index (χ4v) is 5.26. The van der Waals surface area contributed by atoms with Gasteiger partial charge in [-0.15, -0.1) is 0 Å². The van der Waals surface area contributed by atoms with Gasteiger partial charge in [0.25, 0.3) is 11.8 Å². The van der Waals surface area contributed by atoms with Gasteiger partial charge in [0.05, 0.1) is 11.9 Å². The number of carbonyl (C=O) groups excluding carboxylic acids is 3. The van der Waals surface area contributed by atoms with Crippen molar-refractivity contribution in [2.45, 2.75) is 66.0 Å². The van der Waals surface area contributed by atoms with E-state index in [-0.39, 0.29) is 18.1 Å². The number of hydrogen-bond donors (Lipinski definition) is 2. The third kappa shape index (κ3) is 8.75. The number of carbonyl (C=O) groups is 3. The van der Waals surface area contributed by atoms with Crippen LogP contribution in [0.4, 0.5) is 0 Å². The topological polar surface area (TPSA) is 139 Å². The molecule has 1 unspecified atom stereocenters. The third-order valence-electron chi connectivity index (χ3n) is 7.01. The van der Waals surface area contributed by atoms with E-state index in [1.807, 2.05) is 48.9 Å². The number of allylic oxidation sites excluding steroid dienone is 5. The lowest BCUT2D eigenvalue weighted by atomic mass is 9.96. The fraction of sp³-hybridized carbons (Fsp3) is 0.419. The largest absolute Gasteiger partial charge is 0.356 e. The van der Waals surface area contributed by atoms with Crippen LogP contribution in [0.1, 0.15) is 67.3 Å². The molecule has 0 saturated carbocycles. The molecule has 0 fully saturated rings. The summed E-state index contributed by atoms with van der Waals surface area (Å²) in [5, 5.41) is 6.50. The van der Waals surface area contributed by atoms with Crippen molar-refractivity contribution in [3.05, 3.63) is 82.8 Å². The van der Waals surface area contributed by atoms with E-state index in [4.69, 9.17) is 4.52 Å². The number of likely N-dealkylation sites (N-methyl/N-ethyl adjacent to an activating group) is 1. The summed E-state index contributed by atoms with van der Waals surface area (Å²) < 4.78 is 31.5. The van der Waals surface area contributed by atoms with Crippen molar-refractivity contribution in [3.63, 3.8) is 0 Å². The van der Waals surface area contributed by atoms with Crippen molar-refractivity contribution in [3.8, 4) is 0 Å². The van der Waals surface area contributed by atoms with Gasteiger partial charge >= 0.3 is 0 Å². The first-order valence-electron chi connectivity index (χ1n) is 14.0. The van der Waals surface area contributed by atoms with Gasteiger partial charge in [-0.25, -0.2) is 8.42 Å². The molecule has 0 saturated heterocycles. The highest BCUT2D eigenvalue weighted by Gasteiger charge is 2.33. The van der Waals surface area contributed by atoms with E-state index in [0.717, 1.165) is 28.7 Å². The van der Waals surface area contributed by atoms with Crippen LogP contribution in [0, 0.1) is 19.8 Å². The summed E-state index contributed by atoms with van der Waals surface area (Å²) in [5.74, 6) is -1.82. The van der Waals surface area contributed by atoms with Gasteiger partial charge < -0.3 is 14.7 Å². The van der Waals surface area contributed by atoms with E-state index >= 15 is 0 Å². The molecule has 0 aliphatic heterocycles. The van der Waals surface area contributed by atoms with Crippen molar-refractivity contribution in [1.82, 2.24) is 20.1 Å². The van der Waals surface area contributed by atoms with Gasteiger partial charge in [0, 0.05) is 30.7 Å². The Balaban J connectivity index is 1.94. The first kappa shape index (κ1) is 32.5. The number of nitrogens with zero attached hydrogens (tertiary/aromatic N) is 2. The number of amides is 3. The molecule has 10 nitrogen and oxygen atoms in total. The summed E-state index contributed by atoms with van der Waals surface area (Å²) in [5.41, 5.74) is 3.95. The second-order valence-corrected chi connectivity index (χ2v) is 12.8. The highest BCUT2D eigenvalue weighted by atomic mass is 32.2. The molecule has 1 aliphatic carbocycles. The number of aromatic nitrogens is 1. The quantitative estimate of drug-likeness (QED) is 0.398. The van der Waals surface area contributed by atoms with Gasteiger partial charge in [-0.05, 0) is 57.2 Å². The van der Waals surface area contributed by atoms with Crippen LogP contribution in [0.3, 0.4) is 0 Å². The number of benzene rings is 1. The Morgan fingerprint density at radius 3 is 2.29 bits per heavy atom. The molecule has 1 heterocycles. The van der Waals surface area contributed by atoms with Crippen LogP contribution in [0.2, 0.25) is 0 Å². The number of nitrogens with one attached hydrogen (secondary N) is 2. The Morgan fingerprint density at radius 1 is 1.02 bits per heavy atom. The minimum Gasteiger partial charge on any atom is -0.356 e. The molecule has 2 aromatic rings. The van der Waals surface area contributed by atoms with E-state index in [1.165, 1.54) is 11.8 Å². The third-order valence-corrected chi connectivity index (χ3v) is 8.28. The molecule has 3 amide bonds. The average Bonchev–Trinajstić information content (AvgIpc) is 3.44. The van der Waals surface area contributed by atoms with Crippen molar-refractivity contribution in [1.29, 1.82) is 0 Å². The molecule has 0 bridgehead atoms. The predicted octanol–water partition coefficient (Wildman–Crippen LogP) is 4.09. The summed E-state index contributed by atoms with van der Waals surface area (Å²) in [6.45, 7) is 8.63. The lowest BCUT2D eigenvalue weighted by molar-refractivity contribution is -0.131. The lowest BCUT2D eigenvalue weighted by Gasteiger charge is -2.31. The maximum atomic E-state index is 13.9. The number of aryl methyl sites for hydroxylation is 2. The molecule has 0 radical (unpaired) electrons. The van der Waals surface area contributed by atoms with Crippen molar-refractivity contribution in [2.24, 2.45) is 5.92 Å². The molecule has 1 aliphatic rings. The molecule has 226 valence electrons. The van der Waals surface area contributed by atoms with Gasteiger partial charge in [0.15, 0.2) is 5.76 Å². The van der Waals surface area contributed by atoms with Crippen LogP contribution in [0.15, 0.2) is 64.9 Å². The Kier molecular flexibility index (Phi) is 11.0. The van der Waals surface area contributed by atoms with E-state index in [9.17, 15) is 22.8 Å². The minimum absolute atomic E-state index is 0.165. The number of sulfonamides is 1. The summed E-state index contributed by atoms with van der Waals surface area (Å²) in [6, 6.07) is 5.14. The van der Waals surface area contributed by atoms with Crippen LogP contribution in [-0.2, 0) is 19.6 Å². The summed E-state index contributed by atoms with van der Waals surface area (Å²) in [6.07, 6.45) is 11.0. The fourth-order valence-electron chi connectivity index (χ4n) is 4.68. The average molecular weight is 597 g/mol. The van der Waals surface area contributed by atoms with E-state index in [1.54, 1.807) is 45.3 Å². The van der Waals surface area contributed by atoms with Crippen LogP contribution >= 0.6 is 0 Å². The van der Waals surface area contributed by atoms with Gasteiger partial charge in [-0.1, -0.05) is 60.5 Å². The Hall–Kier alpha value is -3.99. The first-order chi connectivity index (χ1) is 19.8. The lowest BCUT2D eigenvalue weighted by Crippen LogP contribution is -2.56. The minimum atomic E-state index is -3.83. The van der Waals surface area contributed by atoms with Gasteiger partial charge in [0.1, 0.15) is 12.1 Å². The van der Waals surface area contributed by atoms with Crippen LogP contribution in [0.5, 0.6) is 0 Å². The molecular weight excluding hydrogens is 556 g/mol. The zero-order chi connectivity index (χ0) is 31.0. The molecule has 2 atom stereocenters. The number of hydrogen-bond acceptors (Lipinski definition) is 7. The highest BCUT2D eigenvalue weighted by Crippen LogP contribution is 2.24. The summed E-state index contributed by atoms with van der Waals surface area (Å²) >= 11 is 0. The summed E-state index contributed by atoms with van der Waals surface area (Å²) in [7, 11) is -2.27. The van der Waals surface area contributed by atoms with Crippen LogP contribution in [0.25, 0.3) is 5.57 Å². The van der Waals surface area contributed by atoms with Gasteiger partial charge in [-0.3, -0.25) is 19.1 Å². The van der Waals surface area contributed by atoms with Crippen molar-refractivity contribution in [2.75, 3.05) is 12.8 Å². The first-order valence-corrected chi connectivity index (χ1v) is 15.6. The molecule has 11 heteroatoms. The van der Waals surface area contributed by atoms with Crippen LogP contribution in [-0.4, -0.2) is 61.1 Å². The smallest absolute Gasteiger partial charge is 0.256 e. The predicted molar refractivity (Wildman–Crippen MR) is 162 cm³/mol. The zero-order valence-corrected chi connectivity index (χ0v) is 25.8. The SMILES string of the molecule is CCS(=O)(=O)NC(=O)C(NC(=O)[C@@H](CC1=C/CCC=C(c2ccno2)/C=C\1)N(C)C(=O)c1cc(C)cc(C)c1)C(C)C. The van der Waals surface area contributed by atoms with Crippen molar-refractivity contribution < 1.29 is 27.3 Å². The molecule has 3 rings (SSSR count). The molecule has 1 aromatic heterocycles. The van der Waals surface area contributed by atoms with E-state index < -0.39 is 39.8 Å². The molecule has 1 aromatic carbocycles. The number of rotatable bonds is 11. The molecule has 2 N–H and O–H groups in total. The zero-order valence-electron chi connectivity index (χ0n) is 25.0. The van der Waals surface area contributed by atoms with E-state index in [2.05, 4.69) is 10.5 Å². The van der Waals surface area contributed by atoms with Gasteiger partial charge in [-0.2, -0.15) is 0 Å². The second-order valence-electron chi connectivity index (χ2n) is 10.8. The van der Waals surface area contributed by atoms with Gasteiger partial charge in [0.2, 0.25) is 15.9 Å². The Morgan fingerprint density at radius 2 is 1.69 bits per heavy atom. The standard InChI is InChI=1S/C31H40N4O6S/c1-7-42(39,40)34-30(37)28(20(2)3)33-29(36)26(35(6)31(38)25-17-21(4)16-22(5)18-25)19-23-10-8-9-11-24(13-12-23)27-14-15-32-41-27/h10-18,20,26,28H,7-9,19H2,1-6H3,(H,33,36)(H,34,37)/b13-12-,23-10+,24-11?/t26-,28?/m1/s1. The molecule has 0 spiro atoms. The van der Waals surface area contributed by atoms with Crippen LogP contribution < -0.4 is 10.0 Å².